The third kappa shape index (κ3) is 3.16. The molecule has 90 valence electrons. The minimum absolute atomic E-state index is 0.293. The molecule has 0 aromatic carbocycles. The summed E-state index contributed by atoms with van der Waals surface area (Å²) in [5, 5.41) is 27.4. The molecule has 0 unspecified atom stereocenters. The molecular formula is C10H14O6. The predicted octanol–water partition coefficient (Wildman–Crippen LogP) is 0.0581. The zero-order valence-corrected chi connectivity index (χ0v) is 8.71. The quantitative estimate of drug-likeness (QED) is 0.422. The second-order valence-electron chi connectivity index (χ2n) is 3.18. The van der Waals surface area contributed by atoms with Crippen LogP contribution in [0.2, 0.25) is 0 Å². The lowest BCUT2D eigenvalue weighted by Gasteiger charge is -2.26. The molecule has 0 amide bonds. The van der Waals surface area contributed by atoms with Crippen molar-refractivity contribution in [2.45, 2.75) is 25.4 Å². The summed E-state index contributed by atoms with van der Waals surface area (Å²) in [7, 11) is 0. The van der Waals surface area contributed by atoms with Crippen LogP contribution in [0.25, 0.3) is 0 Å². The van der Waals surface area contributed by atoms with Crippen molar-refractivity contribution in [2.75, 3.05) is 0 Å². The van der Waals surface area contributed by atoms with Gasteiger partial charge in [0.25, 0.3) is 0 Å². The molecule has 0 aromatic rings. The molecule has 0 aliphatic heterocycles. The van der Waals surface area contributed by atoms with Gasteiger partial charge in [-0.05, 0) is 6.42 Å². The lowest BCUT2D eigenvalue weighted by Crippen LogP contribution is -2.48. The molecule has 0 bridgehead atoms. The molecule has 6 nitrogen and oxygen atoms in total. The maximum Gasteiger partial charge on any atom is 0.336 e. The average Bonchev–Trinajstić information content (AvgIpc) is 2.22. The van der Waals surface area contributed by atoms with E-state index in [9.17, 15) is 19.5 Å². The first-order chi connectivity index (χ1) is 7.75. The number of aldehydes is 1. The van der Waals surface area contributed by atoms with E-state index in [-0.39, 0.29) is 12.8 Å². The van der Waals surface area contributed by atoms with Crippen molar-refractivity contribution in [2.24, 2.45) is 5.92 Å². The van der Waals surface area contributed by atoms with E-state index in [0.717, 1.165) is 12.2 Å². The van der Waals surface area contributed by atoms with Crippen molar-refractivity contribution < 1.29 is 31.1 Å². The monoisotopic (exact) mass is 231 g/mol. The van der Waals surface area contributed by atoms with Crippen LogP contribution in [0.1, 0.15) is 21.1 Å². The molecule has 2 atom stereocenters. The lowest BCUT2D eigenvalue weighted by molar-refractivity contribution is -0.171. The molecule has 0 rings (SSSR count). The fourth-order valence-corrected chi connectivity index (χ4v) is 1.20. The molecular weight excluding hydrogens is 216 g/mol. The summed E-state index contributed by atoms with van der Waals surface area (Å²) in [6.07, 6.45) is 0.437. The van der Waals surface area contributed by atoms with E-state index in [0.29, 0.717) is 0 Å². The molecule has 0 spiro atoms. The summed E-state index contributed by atoms with van der Waals surface area (Å²) in [6, 6.07) is 0. The summed E-state index contributed by atoms with van der Waals surface area (Å²) < 4.78 is 6.60. The van der Waals surface area contributed by atoms with Crippen LogP contribution in [0.5, 0.6) is 0 Å². The minimum Gasteiger partial charge on any atom is -0.481 e. The molecule has 3 N–H and O–H groups in total. The van der Waals surface area contributed by atoms with Gasteiger partial charge in [0.2, 0.25) is 0 Å². The molecule has 0 heterocycles. The van der Waals surface area contributed by atoms with Crippen LogP contribution in [-0.2, 0) is 14.4 Å². The first-order valence-electron chi connectivity index (χ1n) is 5.10. The molecule has 0 aromatic heterocycles. The Morgan fingerprint density at radius 2 is 2.06 bits per heavy atom. The van der Waals surface area contributed by atoms with Gasteiger partial charge in [0, 0.05) is 6.42 Å². The number of hydrogen-bond donors (Lipinski definition) is 3. The Hall–Kier alpha value is -1.69. The van der Waals surface area contributed by atoms with Gasteiger partial charge in [-0.25, -0.2) is 4.79 Å². The zero-order valence-electron chi connectivity index (χ0n) is 9.71. The fraction of sp³-hybridized carbons (Fsp3) is 0.500. The number of aliphatic hydroxyl groups is 1. The Morgan fingerprint density at radius 3 is 2.38 bits per heavy atom. The van der Waals surface area contributed by atoms with Gasteiger partial charge in [-0.3, -0.25) is 4.79 Å². The maximum atomic E-state index is 10.9. The van der Waals surface area contributed by atoms with E-state index < -0.39 is 29.7 Å². The Bertz CT molecular complexity index is 351. The number of rotatable bonds is 7. The minimum atomic E-state index is -2.42. The number of carboxylic acid groups (broad SMARTS) is 2. The summed E-state index contributed by atoms with van der Waals surface area (Å²) in [5.41, 5.74) is -2.42. The van der Waals surface area contributed by atoms with E-state index in [4.69, 9.17) is 11.6 Å². The second kappa shape index (κ2) is 6.02. The molecule has 6 heteroatoms. The van der Waals surface area contributed by atoms with Crippen molar-refractivity contribution in [1.82, 2.24) is 0 Å². The number of allylic oxidation sites excluding steroid dienone is 1. The standard InChI is InChI=1S/C10H14O6/c1-2-10(16,9(14)15)7(8(12)13)5-3-4-6-11/h3,5-7,16H,2,4H2,1H3,(H,12,13)(H,14,15)/b5-3+/t7-,10+/m1/s1/i6D. The summed E-state index contributed by atoms with van der Waals surface area (Å²) in [5.74, 6) is -4.82. The second-order valence-corrected chi connectivity index (χ2v) is 3.18. The van der Waals surface area contributed by atoms with Gasteiger partial charge >= 0.3 is 11.9 Å². The van der Waals surface area contributed by atoms with Gasteiger partial charge in [-0.15, -0.1) is 0 Å². The first-order valence-corrected chi connectivity index (χ1v) is 4.60. The smallest absolute Gasteiger partial charge is 0.336 e. The molecule has 0 saturated heterocycles. The Morgan fingerprint density at radius 1 is 1.50 bits per heavy atom. The third-order valence-corrected chi connectivity index (χ3v) is 2.22. The van der Waals surface area contributed by atoms with Crippen LogP contribution >= 0.6 is 0 Å². The van der Waals surface area contributed by atoms with Crippen molar-refractivity contribution in [3.05, 3.63) is 12.2 Å². The molecule has 0 aliphatic rings. The average molecular weight is 231 g/mol. The number of carbonyl (C=O) groups is 3. The van der Waals surface area contributed by atoms with E-state index in [1.165, 1.54) is 6.92 Å². The van der Waals surface area contributed by atoms with E-state index in [1.54, 1.807) is 0 Å². The number of hydrogen-bond acceptors (Lipinski definition) is 4. The Kier molecular flexibility index (Phi) is 4.65. The molecule has 0 radical (unpaired) electrons. The van der Waals surface area contributed by atoms with Gasteiger partial charge in [-0.1, -0.05) is 19.1 Å². The van der Waals surface area contributed by atoms with Crippen molar-refractivity contribution in [3.63, 3.8) is 0 Å². The van der Waals surface area contributed by atoms with Crippen LogP contribution in [0.4, 0.5) is 0 Å². The maximum absolute atomic E-state index is 10.9. The summed E-state index contributed by atoms with van der Waals surface area (Å²) >= 11 is 0. The van der Waals surface area contributed by atoms with Crippen LogP contribution < -0.4 is 0 Å². The van der Waals surface area contributed by atoms with Crippen LogP contribution in [0, 0.1) is 5.92 Å². The number of aliphatic carboxylic acids is 2. The Balaban J connectivity index is 5.09. The van der Waals surface area contributed by atoms with E-state index in [1.807, 2.05) is 0 Å². The van der Waals surface area contributed by atoms with Crippen LogP contribution in [0.15, 0.2) is 12.2 Å². The van der Waals surface area contributed by atoms with Gasteiger partial charge < -0.3 is 20.1 Å². The predicted molar refractivity (Wildman–Crippen MR) is 53.8 cm³/mol. The molecule has 0 saturated carbocycles. The highest BCUT2D eigenvalue weighted by Gasteiger charge is 2.45. The van der Waals surface area contributed by atoms with Crippen LogP contribution in [0.3, 0.4) is 0 Å². The zero-order chi connectivity index (χ0) is 13.6. The summed E-state index contributed by atoms with van der Waals surface area (Å²) in [4.78, 5) is 32.1. The molecule has 0 fully saturated rings. The SMILES string of the molecule is [2H]C(=O)C/C=C/[C@H](C(=O)O)[C@@](O)(CC)C(=O)O. The fourth-order valence-electron chi connectivity index (χ4n) is 1.20. The van der Waals surface area contributed by atoms with Crippen molar-refractivity contribution in [3.8, 4) is 0 Å². The summed E-state index contributed by atoms with van der Waals surface area (Å²) in [6.45, 7) is 1.34. The van der Waals surface area contributed by atoms with Crippen molar-refractivity contribution in [1.29, 1.82) is 0 Å². The largest absolute Gasteiger partial charge is 0.481 e. The van der Waals surface area contributed by atoms with Gasteiger partial charge in [0.15, 0.2) is 5.60 Å². The Labute approximate surface area is 93.6 Å². The topological polar surface area (TPSA) is 112 Å². The lowest BCUT2D eigenvalue weighted by atomic mass is 9.84. The highest BCUT2D eigenvalue weighted by Crippen LogP contribution is 2.24. The number of carbonyl (C=O) groups excluding carboxylic acids is 1. The van der Waals surface area contributed by atoms with Gasteiger partial charge in [-0.2, -0.15) is 0 Å². The van der Waals surface area contributed by atoms with Gasteiger partial charge in [0.1, 0.15) is 13.6 Å². The normalized spacial score (nSPS) is 17.5. The molecule has 16 heavy (non-hydrogen) atoms. The van der Waals surface area contributed by atoms with Crippen LogP contribution in [-0.4, -0.2) is 39.1 Å². The highest BCUT2D eigenvalue weighted by atomic mass is 16.4. The molecule has 0 aliphatic carbocycles. The first kappa shape index (κ1) is 12.4. The van der Waals surface area contributed by atoms with Crippen molar-refractivity contribution >= 4 is 18.2 Å². The highest BCUT2D eigenvalue weighted by molar-refractivity contribution is 5.86. The van der Waals surface area contributed by atoms with E-state index >= 15 is 0 Å². The van der Waals surface area contributed by atoms with Gasteiger partial charge in [0.05, 0.1) is 0 Å². The number of carboxylic acids is 2. The van der Waals surface area contributed by atoms with E-state index in [2.05, 4.69) is 0 Å². The third-order valence-electron chi connectivity index (χ3n) is 2.22.